The molecular formula is C57H81BrF2N12O3Sn. The summed E-state index contributed by atoms with van der Waals surface area (Å²) in [7, 11) is 0. The summed E-state index contributed by atoms with van der Waals surface area (Å²) in [4.78, 5) is 43.0. The number of likely N-dealkylation sites (tertiary alicyclic amines) is 2. The second kappa shape index (κ2) is 26.5. The molecule has 0 radical (unpaired) electrons. The van der Waals surface area contributed by atoms with Gasteiger partial charge >= 0.3 is 236 Å². The molecule has 4 fully saturated rings. The minimum atomic E-state index is -2.72. The Morgan fingerprint density at radius 1 is 0.671 bits per heavy atom. The molecule has 15 nitrogen and oxygen atoms in total. The van der Waals surface area contributed by atoms with E-state index in [2.05, 4.69) is 86.4 Å². The van der Waals surface area contributed by atoms with Crippen molar-refractivity contribution in [2.24, 2.45) is 5.92 Å². The summed E-state index contributed by atoms with van der Waals surface area (Å²) in [6.07, 6.45) is 19.3. The van der Waals surface area contributed by atoms with Crippen molar-refractivity contribution >= 4 is 84.3 Å². The number of nitrogens with zero attached hydrogens (tertiary/aromatic N) is 10. The number of aliphatic hydroxyl groups is 1. The number of aliphatic hydroxyl groups excluding tert-OH is 1. The molecule has 412 valence electrons. The van der Waals surface area contributed by atoms with E-state index in [-0.39, 0.29) is 50.6 Å². The molecule has 4 aliphatic rings. The van der Waals surface area contributed by atoms with Crippen LogP contribution >= 0.6 is 15.9 Å². The fourth-order valence-electron chi connectivity index (χ4n) is 11.6. The van der Waals surface area contributed by atoms with Crippen LogP contribution in [0, 0.1) is 17.6 Å². The molecule has 8 heterocycles. The number of rotatable bonds is 16. The van der Waals surface area contributed by atoms with Crippen LogP contribution in [0.4, 0.5) is 41.4 Å². The predicted octanol–water partition coefficient (Wildman–Crippen LogP) is 13.0. The predicted molar refractivity (Wildman–Crippen MR) is 309 cm³/mol. The zero-order chi connectivity index (χ0) is 51.9. The van der Waals surface area contributed by atoms with Gasteiger partial charge in [-0.2, -0.15) is 5.10 Å². The molecule has 4 aliphatic heterocycles. The second-order valence-electron chi connectivity index (χ2n) is 21.0. The Kier molecular flexibility index (Phi) is 20.4. The molecule has 0 bridgehead atoms. The number of nitrogens with one attached hydrogen (secondary N) is 2. The minimum Gasteiger partial charge on any atom is -0.391 e. The van der Waals surface area contributed by atoms with Crippen molar-refractivity contribution in [1.82, 2.24) is 39.0 Å². The van der Waals surface area contributed by atoms with E-state index in [9.17, 15) is 19.1 Å². The number of aromatic nitrogens is 6. The maximum absolute atomic E-state index is 15.8. The van der Waals surface area contributed by atoms with Gasteiger partial charge in [-0.25, -0.2) is 18.7 Å². The molecular weight excluding hydrogens is 1140 g/mol. The van der Waals surface area contributed by atoms with Crippen molar-refractivity contribution in [3.63, 3.8) is 0 Å². The van der Waals surface area contributed by atoms with Gasteiger partial charge in [-0.05, 0) is 55.9 Å². The van der Waals surface area contributed by atoms with Crippen molar-refractivity contribution < 1.29 is 23.5 Å². The van der Waals surface area contributed by atoms with E-state index < -0.39 is 24.5 Å². The fraction of sp³-hybridized carbons (Fsp3) is 0.544. The molecule has 0 aliphatic carbocycles. The first-order valence-corrected chi connectivity index (χ1v) is 35.4. The smallest absolute Gasteiger partial charge is 0.322 e. The van der Waals surface area contributed by atoms with Gasteiger partial charge in [-0.3, -0.25) is 0 Å². The van der Waals surface area contributed by atoms with Crippen LogP contribution in [0.1, 0.15) is 143 Å². The number of anilines is 4. The third-order valence-electron chi connectivity index (χ3n) is 15.8. The number of amides is 4. The number of hydrogen-bond acceptors (Lipinski definition) is 9. The van der Waals surface area contributed by atoms with Crippen LogP contribution in [0.3, 0.4) is 0 Å². The molecule has 0 unspecified atom stereocenters. The van der Waals surface area contributed by atoms with Gasteiger partial charge in [0.25, 0.3) is 0 Å². The van der Waals surface area contributed by atoms with Crippen LogP contribution in [0.15, 0.2) is 77.8 Å². The Labute approximate surface area is 461 Å². The Morgan fingerprint density at radius 3 is 1.63 bits per heavy atom. The average Bonchev–Trinajstić information content (AvgIpc) is 4.30. The number of β-amino-alcohol motifs (C(OH)–C–C–N with tert-alkyl or cyclic N) is 1. The largest absolute Gasteiger partial charge is 0.391 e. The third-order valence-corrected chi connectivity index (χ3v) is 31.9. The summed E-state index contributed by atoms with van der Waals surface area (Å²) < 4.78 is 40.1. The van der Waals surface area contributed by atoms with Crippen LogP contribution in [-0.2, 0) is 0 Å². The van der Waals surface area contributed by atoms with E-state index in [0.717, 1.165) is 74.1 Å². The molecule has 4 saturated heterocycles. The number of carbonyl (C=O) groups is 2. The van der Waals surface area contributed by atoms with Crippen molar-refractivity contribution in [3.8, 4) is 0 Å². The summed E-state index contributed by atoms with van der Waals surface area (Å²) >= 11 is 0.720. The first-order chi connectivity index (χ1) is 35.9. The molecule has 4 atom stereocenters. The monoisotopic (exact) mass is 1220 g/mol. The maximum atomic E-state index is 15.8. The fourth-order valence-corrected chi connectivity index (χ4v) is 28.0. The van der Waals surface area contributed by atoms with Crippen LogP contribution in [-0.4, -0.2) is 120 Å². The summed E-state index contributed by atoms with van der Waals surface area (Å²) in [5.41, 5.74) is 3.73. The molecule has 0 saturated carbocycles. The van der Waals surface area contributed by atoms with E-state index in [1.54, 1.807) is 44.7 Å². The Morgan fingerprint density at radius 2 is 1.16 bits per heavy atom. The maximum Gasteiger partial charge on any atom is 0.322 e. The number of unbranched alkanes of at least 4 members (excludes halogenated alkanes) is 3. The van der Waals surface area contributed by atoms with E-state index in [0.29, 0.717) is 59.5 Å². The Balaban J connectivity index is 0.000000226. The summed E-state index contributed by atoms with van der Waals surface area (Å²) in [5.74, 6) is 1.71. The van der Waals surface area contributed by atoms with Crippen LogP contribution in [0.5, 0.6) is 0 Å². The van der Waals surface area contributed by atoms with Gasteiger partial charge in [0, 0.05) is 49.0 Å². The molecule has 2 aromatic carbocycles. The summed E-state index contributed by atoms with van der Waals surface area (Å²) in [6.45, 7) is 13.0. The zero-order valence-electron chi connectivity index (χ0n) is 43.5. The molecule has 4 aromatic heterocycles. The molecule has 10 rings (SSSR count). The van der Waals surface area contributed by atoms with Crippen LogP contribution < -0.4 is 24.0 Å². The van der Waals surface area contributed by atoms with Crippen molar-refractivity contribution in [2.75, 3.05) is 59.7 Å². The van der Waals surface area contributed by atoms with Gasteiger partial charge in [-0.15, -0.1) is 0 Å². The van der Waals surface area contributed by atoms with Crippen molar-refractivity contribution in [1.29, 1.82) is 0 Å². The van der Waals surface area contributed by atoms with Gasteiger partial charge < -0.3 is 20.2 Å². The molecule has 4 amide bonds. The van der Waals surface area contributed by atoms with E-state index in [1.165, 1.54) is 61.5 Å². The average molecular weight is 1220 g/mol. The molecule has 0 spiro atoms. The van der Waals surface area contributed by atoms with Crippen molar-refractivity contribution in [2.45, 2.75) is 151 Å². The standard InChI is InChI=1S/C22H24FN6O.C21H22BrFN6O2.3C4H9.2CH4.Sn/c1-15-8-11-27(14-15)22(30)25-18-13-24-29-12-9-20(26-21(18)29)28-10-4-7-19(28)16-5-2-3-6-17(16)23;22-13-3-4-16(23)15(10-13)18-2-1-7-28(18)19-6-9-29-20(26-19)17(11-24-29)25-21(31)27-8-5-14(30)12-27;3*1-3-4-2;;;/h3,5-6,9,12-13,15,19H,4,7-8,10-11,14H2,1H3,(H,25,30);3-4,6,9-11,14,18,30H,1-2,5,7-8,12H2,(H,25,31);3*1,3-4H2,2H3;2*1H4;/t15-,19+;14-,18+;;;;;;/m00....../s1. The van der Waals surface area contributed by atoms with Crippen LogP contribution in [0.2, 0.25) is 13.3 Å². The summed E-state index contributed by atoms with van der Waals surface area (Å²) in [6, 6.07) is 14.5. The molecule has 6 aromatic rings. The SMILES string of the molecule is C.C.CCC[CH2][Sn]([CH2]CCC)([CH2]CCC)[c]1ccc(F)c([C@H]2CCCN2c2ccn3ncc(NC(=O)N4CC[C@H](C)C4)c3n2)c1.O=C(Nc1cnn2ccc(N3CCC[C@@H]3c3cc(Br)ccc3F)nc12)N1CC[C@H](O)C1. The number of halogens is 3. The van der Waals surface area contributed by atoms with Gasteiger partial charge in [0.05, 0.1) is 18.3 Å². The topological polar surface area (TPSA) is 152 Å². The molecule has 3 N–H and O–H groups in total. The molecule has 19 heteroatoms. The zero-order valence-corrected chi connectivity index (χ0v) is 47.9. The van der Waals surface area contributed by atoms with Crippen LogP contribution in [0.25, 0.3) is 11.3 Å². The Bertz CT molecular complexity index is 2880. The number of fused-ring (bicyclic) bond motifs is 2. The first kappa shape index (κ1) is 58.6. The van der Waals surface area contributed by atoms with Crippen molar-refractivity contribution in [3.05, 3.63) is 101 Å². The second-order valence-corrected chi connectivity index (χ2v) is 35.2. The quantitative estimate of drug-likeness (QED) is 0.0804. The third kappa shape index (κ3) is 13.1. The van der Waals surface area contributed by atoms with E-state index in [1.807, 2.05) is 29.3 Å². The minimum absolute atomic E-state index is 0. The number of benzene rings is 2. The summed E-state index contributed by atoms with van der Waals surface area (Å²) in [5, 5.41) is 24.3. The normalized spacial score (nSPS) is 19.5. The number of carbonyl (C=O) groups excluding carboxylic acids is 2. The van der Waals surface area contributed by atoms with E-state index in [4.69, 9.17) is 9.97 Å². The van der Waals surface area contributed by atoms with E-state index >= 15 is 4.39 Å². The van der Waals surface area contributed by atoms with Gasteiger partial charge in [0.1, 0.15) is 17.3 Å². The number of urea groups is 2. The van der Waals surface area contributed by atoms with Gasteiger partial charge in [0.15, 0.2) is 5.65 Å². The van der Waals surface area contributed by atoms with Gasteiger partial charge in [-0.1, -0.05) is 37.7 Å². The van der Waals surface area contributed by atoms with Gasteiger partial charge in [0.2, 0.25) is 0 Å². The molecule has 76 heavy (non-hydrogen) atoms. The Hall–Kier alpha value is -5.08. The first-order valence-electron chi connectivity index (χ1n) is 27.1. The number of hydrogen-bond donors (Lipinski definition) is 3.